The molecule has 1 aromatic heterocycles. The molecule has 26 heavy (non-hydrogen) atoms. The summed E-state index contributed by atoms with van der Waals surface area (Å²) in [5.74, 6) is -1.14. The summed E-state index contributed by atoms with van der Waals surface area (Å²) in [5, 5.41) is 0. The molecule has 1 amide bonds. The number of hydrogen-bond acceptors (Lipinski definition) is 5. The smallest absolute Gasteiger partial charge is 0.355 e. The number of likely N-dealkylation sites (N-methyl/N-ethyl adjacent to an activating group) is 1. The van der Waals surface area contributed by atoms with Crippen LogP contribution in [0.25, 0.3) is 0 Å². The fraction of sp³-hybridized carbons (Fsp3) is 0.316. The summed E-state index contributed by atoms with van der Waals surface area (Å²) < 4.78 is 5.01. The highest BCUT2D eigenvalue weighted by Crippen LogP contribution is 2.13. The minimum absolute atomic E-state index is 0.143. The molecule has 2 aromatic rings. The van der Waals surface area contributed by atoms with Crippen LogP contribution in [-0.2, 0) is 16.1 Å². The van der Waals surface area contributed by atoms with Crippen LogP contribution in [0.5, 0.6) is 0 Å². The monoisotopic (exact) mass is 357 g/mol. The summed E-state index contributed by atoms with van der Waals surface area (Å²) >= 11 is 0. The van der Waals surface area contributed by atoms with Crippen molar-refractivity contribution in [1.82, 2.24) is 9.88 Å². The molecule has 0 aliphatic rings. The van der Waals surface area contributed by atoms with Crippen LogP contribution in [0.4, 0.5) is 5.69 Å². The molecule has 138 valence electrons. The summed E-state index contributed by atoms with van der Waals surface area (Å²) in [7, 11) is 5.57. The molecule has 1 heterocycles. The standard InChI is InChI=1S/C19H23N3O4/c1-13(23)15-9-17(20-10-15)19(25)26-12-18(24)22(4)11-14-5-7-16(8-6-14)21(2)3/h5-10,20H,11-12H2,1-4H3. The molecule has 0 saturated heterocycles. The lowest BCUT2D eigenvalue weighted by Gasteiger charge is -2.18. The van der Waals surface area contributed by atoms with Crippen molar-refractivity contribution in [3.05, 3.63) is 53.3 Å². The number of hydrogen-bond donors (Lipinski definition) is 1. The minimum Gasteiger partial charge on any atom is -0.451 e. The second kappa shape index (κ2) is 8.33. The highest BCUT2D eigenvalue weighted by molar-refractivity contribution is 5.97. The third-order valence-electron chi connectivity index (χ3n) is 3.93. The molecule has 0 unspecified atom stereocenters. The van der Waals surface area contributed by atoms with Crippen LogP contribution < -0.4 is 4.90 Å². The van der Waals surface area contributed by atoms with E-state index in [2.05, 4.69) is 4.98 Å². The number of nitrogens with zero attached hydrogens (tertiary/aromatic N) is 2. The average Bonchev–Trinajstić information content (AvgIpc) is 3.10. The van der Waals surface area contributed by atoms with Gasteiger partial charge in [0.25, 0.3) is 5.91 Å². The van der Waals surface area contributed by atoms with Crippen molar-refractivity contribution in [3.63, 3.8) is 0 Å². The van der Waals surface area contributed by atoms with Gasteiger partial charge in [0, 0.05) is 45.1 Å². The molecule has 0 saturated carbocycles. The number of anilines is 1. The molecule has 7 nitrogen and oxygen atoms in total. The van der Waals surface area contributed by atoms with Gasteiger partial charge in [-0.1, -0.05) is 12.1 Å². The molecule has 1 N–H and O–H groups in total. The fourth-order valence-electron chi connectivity index (χ4n) is 2.29. The Balaban J connectivity index is 1.86. The predicted molar refractivity (Wildman–Crippen MR) is 98.3 cm³/mol. The first-order valence-corrected chi connectivity index (χ1v) is 8.14. The highest BCUT2D eigenvalue weighted by Gasteiger charge is 2.16. The van der Waals surface area contributed by atoms with Crippen molar-refractivity contribution in [2.45, 2.75) is 13.5 Å². The summed E-state index contributed by atoms with van der Waals surface area (Å²) in [6.45, 7) is 1.46. The molecule has 7 heteroatoms. The number of amides is 1. The van der Waals surface area contributed by atoms with Gasteiger partial charge in [0.1, 0.15) is 5.69 Å². The van der Waals surface area contributed by atoms with Gasteiger partial charge in [-0.2, -0.15) is 0 Å². The molecular formula is C19H23N3O4. The number of rotatable bonds is 7. The minimum atomic E-state index is -0.672. The third-order valence-corrected chi connectivity index (χ3v) is 3.93. The molecule has 0 bridgehead atoms. The van der Waals surface area contributed by atoms with Crippen LogP contribution in [0, 0.1) is 0 Å². The average molecular weight is 357 g/mol. The topological polar surface area (TPSA) is 82.7 Å². The number of H-pyrrole nitrogens is 1. The SMILES string of the molecule is CC(=O)c1c[nH]c(C(=O)OCC(=O)N(C)Cc2ccc(N(C)C)cc2)c1. The van der Waals surface area contributed by atoms with Gasteiger partial charge in [-0.05, 0) is 30.7 Å². The lowest BCUT2D eigenvalue weighted by Crippen LogP contribution is -2.30. The van der Waals surface area contributed by atoms with Crippen LogP contribution in [0.3, 0.4) is 0 Å². The van der Waals surface area contributed by atoms with E-state index in [0.717, 1.165) is 11.3 Å². The number of ether oxygens (including phenoxy) is 1. The summed E-state index contributed by atoms with van der Waals surface area (Å²) in [6.07, 6.45) is 1.43. The Bertz CT molecular complexity index is 793. The first-order chi connectivity index (χ1) is 12.3. The fourth-order valence-corrected chi connectivity index (χ4v) is 2.29. The Hall–Kier alpha value is -3.09. The molecule has 2 rings (SSSR count). The Morgan fingerprint density at radius 2 is 1.73 bits per heavy atom. The van der Waals surface area contributed by atoms with E-state index in [-0.39, 0.29) is 24.0 Å². The number of carbonyl (C=O) groups excluding carboxylic acids is 3. The lowest BCUT2D eigenvalue weighted by molar-refractivity contribution is -0.133. The summed E-state index contributed by atoms with van der Waals surface area (Å²) in [6, 6.07) is 9.27. The lowest BCUT2D eigenvalue weighted by atomic mass is 10.2. The highest BCUT2D eigenvalue weighted by atomic mass is 16.5. The van der Waals surface area contributed by atoms with Crippen LogP contribution in [0.1, 0.15) is 33.3 Å². The van der Waals surface area contributed by atoms with Crippen LogP contribution in [-0.4, -0.2) is 55.3 Å². The van der Waals surface area contributed by atoms with Crippen molar-refractivity contribution < 1.29 is 19.1 Å². The van der Waals surface area contributed by atoms with Crippen LogP contribution >= 0.6 is 0 Å². The van der Waals surface area contributed by atoms with Crippen molar-refractivity contribution >= 4 is 23.3 Å². The number of nitrogens with one attached hydrogen (secondary N) is 1. The zero-order chi connectivity index (χ0) is 19.3. The van der Waals surface area contributed by atoms with Crippen molar-refractivity contribution in [3.8, 4) is 0 Å². The number of ketones is 1. The summed E-state index contributed by atoms with van der Waals surface area (Å²) in [4.78, 5) is 41.5. The number of esters is 1. The number of aromatic amines is 1. The van der Waals surface area contributed by atoms with Gasteiger partial charge in [-0.3, -0.25) is 9.59 Å². The van der Waals surface area contributed by atoms with Crippen LogP contribution in [0.15, 0.2) is 36.5 Å². The zero-order valence-corrected chi connectivity index (χ0v) is 15.4. The molecule has 0 atom stereocenters. The van der Waals surface area contributed by atoms with E-state index in [1.165, 1.54) is 24.1 Å². The van der Waals surface area contributed by atoms with Gasteiger partial charge in [0.05, 0.1) is 0 Å². The van der Waals surface area contributed by atoms with Gasteiger partial charge < -0.3 is 19.5 Å². The Labute approximate surface area is 152 Å². The Morgan fingerprint density at radius 1 is 1.08 bits per heavy atom. The maximum Gasteiger partial charge on any atom is 0.355 e. The van der Waals surface area contributed by atoms with E-state index in [0.29, 0.717) is 12.1 Å². The van der Waals surface area contributed by atoms with E-state index in [1.54, 1.807) is 7.05 Å². The normalized spacial score (nSPS) is 10.3. The second-order valence-electron chi connectivity index (χ2n) is 6.25. The molecular weight excluding hydrogens is 334 g/mol. The number of Topliss-reactive ketones (excluding diaryl/α,β-unsaturated/α-hetero) is 1. The number of carbonyl (C=O) groups is 3. The first kappa shape index (κ1) is 19.2. The van der Waals surface area contributed by atoms with Gasteiger partial charge in [0.2, 0.25) is 0 Å². The number of aromatic nitrogens is 1. The van der Waals surface area contributed by atoms with E-state index >= 15 is 0 Å². The van der Waals surface area contributed by atoms with E-state index in [9.17, 15) is 14.4 Å². The number of benzene rings is 1. The predicted octanol–water partition coefficient (Wildman–Crippen LogP) is 2.10. The molecule has 0 radical (unpaired) electrons. The molecule has 1 aromatic carbocycles. The molecule has 0 fully saturated rings. The largest absolute Gasteiger partial charge is 0.451 e. The van der Waals surface area contributed by atoms with Crippen molar-refractivity contribution in [1.29, 1.82) is 0 Å². The first-order valence-electron chi connectivity index (χ1n) is 8.14. The van der Waals surface area contributed by atoms with Gasteiger partial charge >= 0.3 is 5.97 Å². The maximum absolute atomic E-state index is 12.1. The van der Waals surface area contributed by atoms with Crippen molar-refractivity contribution in [2.75, 3.05) is 32.6 Å². The quantitative estimate of drug-likeness (QED) is 0.606. The molecule has 0 spiro atoms. The Morgan fingerprint density at radius 3 is 2.27 bits per heavy atom. The van der Waals surface area contributed by atoms with E-state index < -0.39 is 5.97 Å². The zero-order valence-electron chi connectivity index (χ0n) is 15.4. The van der Waals surface area contributed by atoms with Gasteiger partial charge in [-0.25, -0.2) is 4.79 Å². The summed E-state index contributed by atoms with van der Waals surface area (Å²) in [5.41, 5.74) is 2.59. The van der Waals surface area contributed by atoms with Gasteiger partial charge in [0.15, 0.2) is 12.4 Å². The van der Waals surface area contributed by atoms with E-state index in [4.69, 9.17) is 4.74 Å². The molecule has 0 aliphatic heterocycles. The third kappa shape index (κ3) is 4.95. The second-order valence-corrected chi connectivity index (χ2v) is 6.25. The van der Waals surface area contributed by atoms with Crippen molar-refractivity contribution in [2.24, 2.45) is 0 Å². The molecule has 0 aliphatic carbocycles. The van der Waals surface area contributed by atoms with Gasteiger partial charge in [-0.15, -0.1) is 0 Å². The maximum atomic E-state index is 12.1. The Kier molecular flexibility index (Phi) is 6.16. The van der Waals surface area contributed by atoms with E-state index in [1.807, 2.05) is 43.3 Å². The van der Waals surface area contributed by atoms with Crippen LogP contribution in [0.2, 0.25) is 0 Å².